The van der Waals surface area contributed by atoms with Crippen LogP contribution in [0, 0.1) is 5.92 Å². The molecule has 0 saturated heterocycles. The molecule has 1 unspecified atom stereocenters. The molecule has 0 heterocycles. The molecule has 18 heavy (non-hydrogen) atoms. The zero-order valence-corrected chi connectivity index (χ0v) is 10.3. The van der Waals surface area contributed by atoms with E-state index >= 15 is 0 Å². The molecule has 5 heteroatoms. The lowest BCUT2D eigenvalue weighted by atomic mass is 9.96. The number of carboxylic acid groups (broad SMARTS) is 1. The number of carbonyl (C=O) groups excluding carboxylic acids is 2. The first-order valence-electron chi connectivity index (χ1n) is 5.68. The summed E-state index contributed by atoms with van der Waals surface area (Å²) in [5.41, 5.74) is 0. The van der Waals surface area contributed by atoms with Crippen molar-refractivity contribution >= 4 is 17.7 Å². The largest absolute Gasteiger partial charge is 0.481 e. The van der Waals surface area contributed by atoms with Gasteiger partial charge in [-0.1, -0.05) is 25.7 Å². The third-order valence-corrected chi connectivity index (χ3v) is 2.31. The highest BCUT2D eigenvalue weighted by Gasteiger charge is 2.25. The van der Waals surface area contributed by atoms with Crippen LogP contribution in [0.4, 0.5) is 0 Å². The van der Waals surface area contributed by atoms with Gasteiger partial charge >= 0.3 is 11.9 Å². The second-order valence-electron chi connectivity index (χ2n) is 3.72. The number of allylic oxidation sites excluding steroid dienone is 1. The maximum Gasteiger partial charge on any atom is 0.317 e. The molecule has 0 aromatic rings. The topological polar surface area (TPSA) is 80.7 Å². The number of esters is 1. The number of rotatable bonds is 10. The van der Waals surface area contributed by atoms with Crippen LogP contribution in [0.15, 0.2) is 25.3 Å². The van der Waals surface area contributed by atoms with E-state index in [1.165, 1.54) is 6.08 Å². The number of ether oxygens (including phenoxy) is 1. The van der Waals surface area contributed by atoms with Gasteiger partial charge in [-0.05, 0) is 18.9 Å². The van der Waals surface area contributed by atoms with Crippen LogP contribution in [-0.4, -0.2) is 29.4 Å². The standard InChI is InChI=1S/C13H18O5/c1-3-9-18-13(17)10(11(14)4-2)7-5-6-8-12(15)16/h3-4,10H,1-2,5-9H2,(H,15,16). The van der Waals surface area contributed by atoms with Crippen LogP contribution in [0.25, 0.3) is 0 Å². The van der Waals surface area contributed by atoms with Crippen LogP contribution in [0.2, 0.25) is 0 Å². The number of hydrogen-bond acceptors (Lipinski definition) is 4. The Bertz CT molecular complexity index is 332. The fraction of sp³-hybridized carbons (Fsp3) is 0.462. The molecular formula is C13H18O5. The Labute approximate surface area is 106 Å². The van der Waals surface area contributed by atoms with Crippen LogP contribution >= 0.6 is 0 Å². The average Bonchev–Trinajstić information content (AvgIpc) is 2.34. The van der Waals surface area contributed by atoms with Gasteiger partial charge in [0.1, 0.15) is 12.5 Å². The highest BCUT2D eigenvalue weighted by atomic mass is 16.5. The molecule has 0 aliphatic heterocycles. The van der Waals surface area contributed by atoms with Gasteiger partial charge in [0.2, 0.25) is 0 Å². The van der Waals surface area contributed by atoms with Gasteiger partial charge < -0.3 is 9.84 Å². The monoisotopic (exact) mass is 254 g/mol. The molecule has 0 aliphatic rings. The van der Waals surface area contributed by atoms with Crippen molar-refractivity contribution in [3.63, 3.8) is 0 Å². The van der Waals surface area contributed by atoms with E-state index in [0.717, 1.165) is 6.08 Å². The molecule has 5 nitrogen and oxygen atoms in total. The van der Waals surface area contributed by atoms with E-state index in [9.17, 15) is 14.4 Å². The molecular weight excluding hydrogens is 236 g/mol. The number of hydrogen-bond donors (Lipinski definition) is 1. The summed E-state index contributed by atoms with van der Waals surface area (Å²) in [4.78, 5) is 33.4. The van der Waals surface area contributed by atoms with Gasteiger partial charge in [-0.3, -0.25) is 14.4 Å². The first-order valence-corrected chi connectivity index (χ1v) is 5.68. The summed E-state index contributed by atoms with van der Waals surface area (Å²) in [6, 6.07) is 0. The minimum absolute atomic E-state index is 0.0245. The normalized spacial score (nSPS) is 11.3. The third kappa shape index (κ3) is 6.62. The van der Waals surface area contributed by atoms with Crippen molar-refractivity contribution < 1.29 is 24.2 Å². The van der Waals surface area contributed by atoms with Crippen molar-refractivity contribution in [3.8, 4) is 0 Å². The molecule has 0 radical (unpaired) electrons. The number of aliphatic carboxylic acids is 1. The number of carbonyl (C=O) groups is 3. The van der Waals surface area contributed by atoms with Gasteiger partial charge in [0.05, 0.1) is 0 Å². The van der Waals surface area contributed by atoms with E-state index in [1.54, 1.807) is 0 Å². The molecule has 0 rings (SSSR count). The van der Waals surface area contributed by atoms with Crippen LogP contribution in [0.1, 0.15) is 25.7 Å². The number of unbranched alkanes of at least 4 members (excludes halogenated alkanes) is 1. The summed E-state index contributed by atoms with van der Waals surface area (Å²) in [6.07, 6.45) is 3.68. The van der Waals surface area contributed by atoms with Crippen molar-refractivity contribution in [1.82, 2.24) is 0 Å². The Morgan fingerprint density at radius 3 is 2.39 bits per heavy atom. The lowest BCUT2D eigenvalue weighted by Gasteiger charge is -2.12. The molecule has 0 aromatic heterocycles. The summed E-state index contributed by atoms with van der Waals surface area (Å²) in [6.45, 7) is 6.78. The highest BCUT2D eigenvalue weighted by molar-refractivity contribution is 6.04. The van der Waals surface area contributed by atoms with Crippen molar-refractivity contribution in [3.05, 3.63) is 25.3 Å². The van der Waals surface area contributed by atoms with E-state index < -0.39 is 23.6 Å². The van der Waals surface area contributed by atoms with Crippen LogP contribution in [-0.2, 0) is 19.1 Å². The smallest absolute Gasteiger partial charge is 0.317 e. The Morgan fingerprint density at radius 2 is 1.89 bits per heavy atom. The quantitative estimate of drug-likeness (QED) is 0.211. The van der Waals surface area contributed by atoms with Gasteiger partial charge in [0.15, 0.2) is 5.78 Å². The second kappa shape index (κ2) is 9.15. The number of carboxylic acids is 1. The Morgan fingerprint density at radius 1 is 1.22 bits per heavy atom. The lowest BCUT2D eigenvalue weighted by Crippen LogP contribution is -2.25. The summed E-state index contributed by atoms with van der Waals surface area (Å²) in [7, 11) is 0. The maximum atomic E-state index is 11.6. The molecule has 0 amide bonds. The third-order valence-electron chi connectivity index (χ3n) is 2.31. The Hall–Kier alpha value is -1.91. The number of ketones is 1. The summed E-state index contributed by atoms with van der Waals surface area (Å²) < 4.78 is 4.81. The average molecular weight is 254 g/mol. The maximum absolute atomic E-state index is 11.6. The molecule has 0 aliphatic carbocycles. The van der Waals surface area contributed by atoms with E-state index in [-0.39, 0.29) is 19.4 Å². The molecule has 100 valence electrons. The van der Waals surface area contributed by atoms with Gasteiger partial charge in [0, 0.05) is 6.42 Å². The van der Waals surface area contributed by atoms with E-state index in [0.29, 0.717) is 12.8 Å². The van der Waals surface area contributed by atoms with Gasteiger partial charge in [0.25, 0.3) is 0 Å². The Kier molecular flexibility index (Phi) is 8.18. The summed E-state index contributed by atoms with van der Waals surface area (Å²) in [5, 5.41) is 8.47. The predicted molar refractivity (Wildman–Crippen MR) is 66.0 cm³/mol. The molecule has 0 spiro atoms. The van der Waals surface area contributed by atoms with Crippen molar-refractivity contribution in [2.24, 2.45) is 5.92 Å². The SMILES string of the molecule is C=CCOC(=O)C(CCCCC(=O)O)C(=O)C=C. The lowest BCUT2D eigenvalue weighted by molar-refractivity contribution is -0.150. The molecule has 1 N–H and O–H groups in total. The minimum atomic E-state index is -0.893. The fourth-order valence-corrected chi connectivity index (χ4v) is 1.38. The highest BCUT2D eigenvalue weighted by Crippen LogP contribution is 2.14. The first-order chi connectivity index (χ1) is 8.52. The fourth-order valence-electron chi connectivity index (χ4n) is 1.38. The van der Waals surface area contributed by atoms with Crippen molar-refractivity contribution in [2.45, 2.75) is 25.7 Å². The first kappa shape index (κ1) is 16.1. The molecule has 0 saturated carbocycles. The summed E-state index contributed by atoms with van der Waals surface area (Å²) >= 11 is 0. The zero-order chi connectivity index (χ0) is 14.0. The molecule has 0 bridgehead atoms. The summed E-state index contributed by atoms with van der Waals surface area (Å²) in [5.74, 6) is -2.80. The molecule has 0 fully saturated rings. The zero-order valence-electron chi connectivity index (χ0n) is 10.3. The van der Waals surface area contributed by atoms with Gasteiger partial charge in [-0.25, -0.2) is 0 Å². The van der Waals surface area contributed by atoms with E-state index in [4.69, 9.17) is 9.84 Å². The van der Waals surface area contributed by atoms with Crippen LogP contribution in [0.5, 0.6) is 0 Å². The van der Waals surface area contributed by atoms with Gasteiger partial charge in [-0.2, -0.15) is 0 Å². The van der Waals surface area contributed by atoms with Crippen molar-refractivity contribution in [1.29, 1.82) is 0 Å². The Balaban J connectivity index is 4.27. The molecule has 0 aromatic carbocycles. The minimum Gasteiger partial charge on any atom is -0.481 e. The van der Waals surface area contributed by atoms with Crippen molar-refractivity contribution in [2.75, 3.05) is 6.61 Å². The van der Waals surface area contributed by atoms with Crippen LogP contribution in [0.3, 0.4) is 0 Å². The second-order valence-corrected chi connectivity index (χ2v) is 3.72. The predicted octanol–water partition coefficient (Wildman–Crippen LogP) is 1.73. The van der Waals surface area contributed by atoms with E-state index in [1.807, 2.05) is 0 Å². The molecule has 1 atom stereocenters. The van der Waals surface area contributed by atoms with E-state index in [2.05, 4.69) is 13.2 Å². The van der Waals surface area contributed by atoms with Gasteiger partial charge in [-0.15, -0.1) is 0 Å². The van der Waals surface area contributed by atoms with Crippen LogP contribution < -0.4 is 0 Å².